The van der Waals surface area contributed by atoms with E-state index in [2.05, 4.69) is 24.0 Å². The van der Waals surface area contributed by atoms with Gasteiger partial charge in [-0.15, -0.1) is 6.58 Å². The number of benzene rings is 2. The summed E-state index contributed by atoms with van der Waals surface area (Å²) in [4.78, 5) is 0. The van der Waals surface area contributed by atoms with Crippen LogP contribution in [0.25, 0.3) is 0 Å². The molecule has 0 aliphatic heterocycles. The molecule has 0 aromatic heterocycles. The van der Waals surface area contributed by atoms with Gasteiger partial charge in [0.2, 0.25) is 0 Å². The summed E-state index contributed by atoms with van der Waals surface area (Å²) in [6.07, 6.45) is 1.82. The van der Waals surface area contributed by atoms with Crippen molar-refractivity contribution >= 4 is 0 Å². The summed E-state index contributed by atoms with van der Waals surface area (Å²) in [5, 5.41) is 3.38. The molecule has 0 saturated heterocycles. The lowest BCUT2D eigenvalue weighted by Gasteiger charge is -2.19. The Morgan fingerprint density at radius 1 is 1.00 bits per heavy atom. The Kier molecular flexibility index (Phi) is 4.26. The zero-order valence-corrected chi connectivity index (χ0v) is 10.1. The molecule has 1 unspecified atom stereocenters. The normalized spacial score (nSPS) is 12.1. The van der Waals surface area contributed by atoms with Crippen molar-refractivity contribution in [2.45, 2.75) is 6.04 Å². The van der Waals surface area contributed by atoms with Gasteiger partial charge in [0.1, 0.15) is 5.82 Å². The first kappa shape index (κ1) is 12.5. The topological polar surface area (TPSA) is 12.0 Å². The molecule has 0 aliphatic rings. The molecule has 1 N–H and O–H groups in total. The molecule has 0 saturated carbocycles. The Morgan fingerprint density at radius 2 is 1.61 bits per heavy atom. The van der Waals surface area contributed by atoms with Gasteiger partial charge in [0.05, 0.1) is 6.04 Å². The van der Waals surface area contributed by atoms with Crippen LogP contribution in [0, 0.1) is 5.82 Å². The van der Waals surface area contributed by atoms with Crippen LogP contribution in [0.15, 0.2) is 67.3 Å². The SMILES string of the molecule is C=CCNC(c1ccccc1)c1ccc(F)cc1. The third-order valence-corrected chi connectivity index (χ3v) is 2.80. The summed E-state index contributed by atoms with van der Waals surface area (Å²) in [6.45, 7) is 4.42. The summed E-state index contributed by atoms with van der Waals surface area (Å²) in [6, 6.07) is 16.8. The van der Waals surface area contributed by atoms with Crippen LogP contribution in [-0.4, -0.2) is 6.54 Å². The second-order valence-corrected chi connectivity index (χ2v) is 4.09. The molecule has 1 nitrogen and oxygen atoms in total. The van der Waals surface area contributed by atoms with E-state index in [1.807, 2.05) is 36.4 Å². The van der Waals surface area contributed by atoms with Crippen molar-refractivity contribution in [3.8, 4) is 0 Å². The van der Waals surface area contributed by atoms with Crippen molar-refractivity contribution in [1.29, 1.82) is 0 Å². The van der Waals surface area contributed by atoms with Crippen LogP contribution in [0.4, 0.5) is 4.39 Å². The fourth-order valence-corrected chi connectivity index (χ4v) is 1.93. The van der Waals surface area contributed by atoms with Crippen molar-refractivity contribution in [1.82, 2.24) is 5.32 Å². The summed E-state index contributed by atoms with van der Waals surface area (Å²) >= 11 is 0. The molecule has 1 atom stereocenters. The fourth-order valence-electron chi connectivity index (χ4n) is 1.93. The monoisotopic (exact) mass is 241 g/mol. The highest BCUT2D eigenvalue weighted by Crippen LogP contribution is 2.21. The lowest BCUT2D eigenvalue weighted by molar-refractivity contribution is 0.619. The van der Waals surface area contributed by atoms with Crippen molar-refractivity contribution in [3.05, 3.63) is 84.2 Å². The van der Waals surface area contributed by atoms with E-state index >= 15 is 0 Å². The third-order valence-electron chi connectivity index (χ3n) is 2.80. The number of hydrogen-bond acceptors (Lipinski definition) is 1. The smallest absolute Gasteiger partial charge is 0.123 e. The highest BCUT2D eigenvalue weighted by Gasteiger charge is 2.12. The van der Waals surface area contributed by atoms with E-state index in [1.54, 1.807) is 0 Å². The molecule has 0 bridgehead atoms. The maximum absolute atomic E-state index is 13.0. The molecular formula is C16H16FN. The molecule has 0 fully saturated rings. The van der Waals surface area contributed by atoms with Crippen LogP contribution in [-0.2, 0) is 0 Å². The van der Waals surface area contributed by atoms with Gasteiger partial charge >= 0.3 is 0 Å². The highest BCUT2D eigenvalue weighted by atomic mass is 19.1. The molecule has 0 amide bonds. The quantitative estimate of drug-likeness (QED) is 0.787. The average Bonchev–Trinajstić information content (AvgIpc) is 2.42. The minimum Gasteiger partial charge on any atom is -0.303 e. The first-order valence-electron chi connectivity index (χ1n) is 5.96. The van der Waals surface area contributed by atoms with Crippen LogP contribution in [0.5, 0.6) is 0 Å². The van der Waals surface area contributed by atoms with E-state index in [-0.39, 0.29) is 11.9 Å². The minimum absolute atomic E-state index is 0.0600. The number of nitrogens with one attached hydrogen (secondary N) is 1. The number of hydrogen-bond donors (Lipinski definition) is 1. The molecule has 0 heterocycles. The first-order chi connectivity index (χ1) is 8.81. The van der Waals surface area contributed by atoms with E-state index in [0.29, 0.717) is 6.54 Å². The zero-order valence-electron chi connectivity index (χ0n) is 10.1. The Morgan fingerprint density at radius 3 is 2.22 bits per heavy atom. The van der Waals surface area contributed by atoms with Crippen LogP contribution in [0.2, 0.25) is 0 Å². The predicted octanol–water partition coefficient (Wildman–Crippen LogP) is 3.69. The second-order valence-electron chi connectivity index (χ2n) is 4.09. The molecule has 18 heavy (non-hydrogen) atoms. The van der Waals surface area contributed by atoms with Gasteiger partial charge in [0.15, 0.2) is 0 Å². The van der Waals surface area contributed by atoms with E-state index in [9.17, 15) is 4.39 Å². The molecule has 2 aromatic rings. The molecule has 92 valence electrons. The van der Waals surface area contributed by atoms with Crippen molar-refractivity contribution in [2.75, 3.05) is 6.54 Å². The lowest BCUT2D eigenvalue weighted by atomic mass is 9.99. The predicted molar refractivity (Wildman–Crippen MR) is 72.9 cm³/mol. The third kappa shape index (κ3) is 3.05. The Labute approximate surface area is 107 Å². The van der Waals surface area contributed by atoms with Crippen LogP contribution >= 0.6 is 0 Å². The second kappa shape index (κ2) is 6.12. The first-order valence-corrected chi connectivity index (χ1v) is 5.96. The molecule has 0 aliphatic carbocycles. The van der Waals surface area contributed by atoms with E-state index < -0.39 is 0 Å². The molecule has 2 rings (SSSR count). The number of halogens is 1. The van der Waals surface area contributed by atoms with Gasteiger partial charge in [0, 0.05) is 6.54 Å². The maximum atomic E-state index is 13.0. The van der Waals surface area contributed by atoms with Gasteiger partial charge in [-0.2, -0.15) is 0 Å². The minimum atomic E-state index is -0.214. The summed E-state index contributed by atoms with van der Waals surface area (Å²) in [7, 11) is 0. The van der Waals surface area contributed by atoms with Gasteiger partial charge in [-0.3, -0.25) is 0 Å². The highest BCUT2D eigenvalue weighted by molar-refractivity contribution is 5.31. The molecule has 2 aromatic carbocycles. The van der Waals surface area contributed by atoms with Crippen molar-refractivity contribution in [2.24, 2.45) is 0 Å². The molecule has 2 heteroatoms. The molecule has 0 spiro atoms. The van der Waals surface area contributed by atoms with E-state index in [0.717, 1.165) is 11.1 Å². The van der Waals surface area contributed by atoms with E-state index in [1.165, 1.54) is 12.1 Å². The van der Waals surface area contributed by atoms with Gasteiger partial charge in [0.25, 0.3) is 0 Å². The van der Waals surface area contributed by atoms with Crippen molar-refractivity contribution in [3.63, 3.8) is 0 Å². The van der Waals surface area contributed by atoms with Crippen LogP contribution < -0.4 is 5.32 Å². The Hall–Kier alpha value is -1.93. The Bertz CT molecular complexity index is 490. The van der Waals surface area contributed by atoms with Gasteiger partial charge < -0.3 is 5.32 Å². The van der Waals surface area contributed by atoms with E-state index in [4.69, 9.17) is 0 Å². The fraction of sp³-hybridized carbons (Fsp3) is 0.125. The van der Waals surface area contributed by atoms with Gasteiger partial charge in [-0.1, -0.05) is 48.5 Å². The molecule has 0 radical (unpaired) electrons. The summed E-state index contributed by atoms with van der Waals surface area (Å²) < 4.78 is 13.0. The van der Waals surface area contributed by atoms with Gasteiger partial charge in [-0.05, 0) is 23.3 Å². The Balaban J connectivity index is 2.30. The van der Waals surface area contributed by atoms with Crippen LogP contribution in [0.1, 0.15) is 17.2 Å². The summed E-state index contributed by atoms with van der Waals surface area (Å²) in [5.41, 5.74) is 2.20. The number of rotatable bonds is 5. The molecular weight excluding hydrogens is 225 g/mol. The standard InChI is InChI=1S/C16H16FN/c1-2-12-18-16(13-6-4-3-5-7-13)14-8-10-15(17)11-9-14/h2-11,16,18H,1,12H2. The maximum Gasteiger partial charge on any atom is 0.123 e. The lowest BCUT2D eigenvalue weighted by Crippen LogP contribution is -2.22. The van der Waals surface area contributed by atoms with Crippen molar-refractivity contribution < 1.29 is 4.39 Å². The largest absolute Gasteiger partial charge is 0.303 e. The average molecular weight is 241 g/mol. The summed E-state index contributed by atoms with van der Waals surface area (Å²) in [5.74, 6) is -0.214. The van der Waals surface area contributed by atoms with Gasteiger partial charge in [-0.25, -0.2) is 4.39 Å². The van der Waals surface area contributed by atoms with Crippen LogP contribution in [0.3, 0.4) is 0 Å². The zero-order chi connectivity index (χ0) is 12.8.